The van der Waals surface area contributed by atoms with E-state index in [0.717, 1.165) is 18.1 Å². The number of alkyl halides is 3. The number of carbonyl (C=O) groups is 1. The summed E-state index contributed by atoms with van der Waals surface area (Å²) in [6, 6.07) is 14.3. The summed E-state index contributed by atoms with van der Waals surface area (Å²) >= 11 is 0. The highest BCUT2D eigenvalue weighted by Gasteiger charge is 2.34. The van der Waals surface area contributed by atoms with Crippen molar-refractivity contribution < 1.29 is 18.0 Å². The number of para-hydroxylation sites is 1. The predicted octanol–water partition coefficient (Wildman–Crippen LogP) is 4.73. The summed E-state index contributed by atoms with van der Waals surface area (Å²) in [5, 5.41) is 2.40. The number of anilines is 1. The lowest BCUT2D eigenvalue weighted by Crippen LogP contribution is -2.33. The van der Waals surface area contributed by atoms with Gasteiger partial charge in [-0.05, 0) is 24.1 Å². The number of nitrogens with one attached hydrogen (secondary N) is 1. The van der Waals surface area contributed by atoms with Gasteiger partial charge in [-0.2, -0.15) is 13.2 Å². The summed E-state index contributed by atoms with van der Waals surface area (Å²) in [5.41, 5.74) is 0.0961. The molecule has 1 aliphatic rings. The lowest BCUT2D eigenvalue weighted by molar-refractivity contribution is -0.136. The van der Waals surface area contributed by atoms with Crippen LogP contribution in [-0.2, 0) is 6.18 Å². The van der Waals surface area contributed by atoms with Crippen LogP contribution in [0.25, 0.3) is 0 Å². The second-order valence-corrected chi connectivity index (χ2v) is 5.82. The highest BCUT2D eigenvalue weighted by molar-refractivity contribution is 5.90. The van der Waals surface area contributed by atoms with E-state index in [1.54, 1.807) is 4.90 Å². The standard InChI is InChI=1S/C18H17F3N2O/c19-18(20,21)15-8-4-5-9-16(15)22-17(24)23-11-10-14(12-23)13-6-2-1-3-7-13/h1-9,14H,10-12H2,(H,22,24). The molecule has 1 fully saturated rings. The summed E-state index contributed by atoms with van der Waals surface area (Å²) in [6.45, 7) is 1.03. The van der Waals surface area contributed by atoms with Crippen molar-refractivity contribution in [3.63, 3.8) is 0 Å². The Morgan fingerprint density at radius 1 is 1.04 bits per heavy atom. The summed E-state index contributed by atoms with van der Waals surface area (Å²) in [4.78, 5) is 13.9. The van der Waals surface area contributed by atoms with Gasteiger partial charge in [0.05, 0.1) is 11.3 Å². The van der Waals surface area contributed by atoms with Crippen molar-refractivity contribution in [2.75, 3.05) is 18.4 Å². The van der Waals surface area contributed by atoms with Crippen LogP contribution >= 0.6 is 0 Å². The van der Waals surface area contributed by atoms with Crippen LogP contribution in [0.1, 0.15) is 23.5 Å². The van der Waals surface area contributed by atoms with E-state index in [-0.39, 0.29) is 11.6 Å². The summed E-state index contributed by atoms with van der Waals surface area (Å²) < 4.78 is 39.0. The predicted molar refractivity (Wildman–Crippen MR) is 85.8 cm³/mol. The van der Waals surface area contributed by atoms with E-state index in [1.165, 1.54) is 18.2 Å². The molecule has 0 aliphatic carbocycles. The third-order valence-corrected chi connectivity index (χ3v) is 4.22. The van der Waals surface area contributed by atoms with Gasteiger partial charge in [0, 0.05) is 19.0 Å². The van der Waals surface area contributed by atoms with Gasteiger partial charge < -0.3 is 10.2 Å². The highest BCUT2D eigenvalue weighted by atomic mass is 19.4. The van der Waals surface area contributed by atoms with Crippen LogP contribution in [0, 0.1) is 0 Å². The monoisotopic (exact) mass is 334 g/mol. The Morgan fingerprint density at radius 3 is 2.42 bits per heavy atom. The molecule has 2 aromatic carbocycles. The van der Waals surface area contributed by atoms with Crippen LogP contribution in [0.4, 0.5) is 23.7 Å². The maximum atomic E-state index is 13.0. The van der Waals surface area contributed by atoms with Crippen LogP contribution in [0.15, 0.2) is 54.6 Å². The fourth-order valence-corrected chi connectivity index (χ4v) is 2.98. The van der Waals surface area contributed by atoms with E-state index in [4.69, 9.17) is 0 Å². The summed E-state index contributed by atoms with van der Waals surface area (Å²) in [6.07, 6.45) is -3.69. The molecule has 1 aliphatic heterocycles. The van der Waals surface area contributed by atoms with E-state index in [1.807, 2.05) is 30.3 Å². The van der Waals surface area contributed by atoms with Gasteiger partial charge in [0.15, 0.2) is 0 Å². The van der Waals surface area contributed by atoms with E-state index in [9.17, 15) is 18.0 Å². The van der Waals surface area contributed by atoms with Gasteiger partial charge >= 0.3 is 12.2 Å². The topological polar surface area (TPSA) is 32.3 Å². The molecule has 6 heteroatoms. The normalized spacial score (nSPS) is 17.8. The molecule has 3 nitrogen and oxygen atoms in total. The molecule has 0 spiro atoms. The third-order valence-electron chi connectivity index (χ3n) is 4.22. The number of likely N-dealkylation sites (tertiary alicyclic amines) is 1. The quantitative estimate of drug-likeness (QED) is 0.846. The van der Waals surface area contributed by atoms with Crippen molar-refractivity contribution in [1.29, 1.82) is 0 Å². The number of carbonyl (C=O) groups excluding carboxylic acids is 1. The van der Waals surface area contributed by atoms with Gasteiger partial charge in [-0.1, -0.05) is 42.5 Å². The Balaban J connectivity index is 1.69. The van der Waals surface area contributed by atoms with Crippen LogP contribution in [0.3, 0.4) is 0 Å². The first-order chi connectivity index (χ1) is 11.4. The van der Waals surface area contributed by atoms with Gasteiger partial charge in [-0.15, -0.1) is 0 Å². The Hall–Kier alpha value is -2.50. The highest BCUT2D eigenvalue weighted by Crippen LogP contribution is 2.35. The smallest absolute Gasteiger partial charge is 0.324 e. The number of benzene rings is 2. The molecule has 1 atom stereocenters. The number of halogens is 3. The number of hydrogen-bond donors (Lipinski definition) is 1. The van der Waals surface area contributed by atoms with E-state index >= 15 is 0 Å². The lowest BCUT2D eigenvalue weighted by Gasteiger charge is -2.19. The van der Waals surface area contributed by atoms with Gasteiger partial charge in [-0.25, -0.2) is 4.79 Å². The first-order valence-corrected chi connectivity index (χ1v) is 7.72. The molecule has 0 aromatic heterocycles. The van der Waals surface area contributed by atoms with Crippen LogP contribution in [0.5, 0.6) is 0 Å². The zero-order valence-corrected chi connectivity index (χ0v) is 12.9. The molecule has 0 saturated carbocycles. The first kappa shape index (κ1) is 16.4. The van der Waals surface area contributed by atoms with E-state index < -0.39 is 17.8 Å². The molecule has 2 aromatic rings. The number of rotatable bonds is 2. The summed E-state index contributed by atoms with van der Waals surface area (Å²) in [7, 11) is 0. The van der Waals surface area contributed by atoms with Gasteiger partial charge in [0.25, 0.3) is 0 Å². The average molecular weight is 334 g/mol. The maximum Gasteiger partial charge on any atom is 0.418 e. The largest absolute Gasteiger partial charge is 0.418 e. The zero-order valence-electron chi connectivity index (χ0n) is 12.9. The van der Waals surface area contributed by atoms with Crippen molar-refractivity contribution in [3.8, 4) is 0 Å². The minimum absolute atomic E-state index is 0.210. The van der Waals surface area contributed by atoms with Crippen LogP contribution in [0.2, 0.25) is 0 Å². The molecule has 1 saturated heterocycles. The number of nitrogens with zero attached hydrogens (tertiary/aromatic N) is 1. The molecule has 2 amide bonds. The SMILES string of the molecule is O=C(Nc1ccccc1C(F)(F)F)N1CCC(c2ccccc2)C1. The van der Waals surface area contributed by atoms with E-state index in [2.05, 4.69) is 5.32 Å². The molecular formula is C18H17F3N2O. The van der Waals surface area contributed by atoms with Crippen LogP contribution in [-0.4, -0.2) is 24.0 Å². The van der Waals surface area contributed by atoms with Gasteiger partial charge in [0.2, 0.25) is 0 Å². The molecule has 24 heavy (non-hydrogen) atoms. The molecule has 1 N–H and O–H groups in total. The second-order valence-electron chi connectivity index (χ2n) is 5.82. The first-order valence-electron chi connectivity index (χ1n) is 7.72. The molecule has 1 unspecified atom stereocenters. The maximum absolute atomic E-state index is 13.0. The average Bonchev–Trinajstić information content (AvgIpc) is 3.05. The number of amides is 2. The molecule has 0 radical (unpaired) electrons. The number of hydrogen-bond acceptors (Lipinski definition) is 1. The second kappa shape index (κ2) is 6.55. The lowest BCUT2D eigenvalue weighted by atomic mass is 9.99. The van der Waals surface area contributed by atoms with Crippen molar-refractivity contribution in [2.45, 2.75) is 18.5 Å². The summed E-state index contributed by atoms with van der Waals surface area (Å²) in [5.74, 6) is 0.217. The Labute approximate surface area is 138 Å². The van der Waals surface area contributed by atoms with Crippen LogP contribution < -0.4 is 5.32 Å². The third kappa shape index (κ3) is 3.53. The fourth-order valence-electron chi connectivity index (χ4n) is 2.98. The molecule has 1 heterocycles. The van der Waals surface area contributed by atoms with Crippen molar-refractivity contribution in [2.24, 2.45) is 0 Å². The van der Waals surface area contributed by atoms with Crippen molar-refractivity contribution in [3.05, 3.63) is 65.7 Å². The molecule has 3 rings (SSSR count). The van der Waals surface area contributed by atoms with Gasteiger partial charge in [0.1, 0.15) is 0 Å². The zero-order chi connectivity index (χ0) is 17.2. The molecular weight excluding hydrogens is 317 g/mol. The fraction of sp³-hybridized carbons (Fsp3) is 0.278. The number of urea groups is 1. The van der Waals surface area contributed by atoms with Crippen molar-refractivity contribution >= 4 is 11.7 Å². The Morgan fingerprint density at radius 2 is 1.71 bits per heavy atom. The molecule has 0 bridgehead atoms. The minimum Gasteiger partial charge on any atom is -0.324 e. The minimum atomic E-state index is -4.50. The van der Waals surface area contributed by atoms with Crippen molar-refractivity contribution in [1.82, 2.24) is 4.90 Å². The van der Waals surface area contributed by atoms with E-state index in [0.29, 0.717) is 13.1 Å². The Bertz CT molecular complexity index is 716. The Kier molecular flexibility index (Phi) is 4.46. The molecule has 126 valence electrons. The van der Waals surface area contributed by atoms with Gasteiger partial charge in [-0.3, -0.25) is 0 Å².